The Bertz CT molecular complexity index is 1820. The Hall–Kier alpha value is -3.66. The van der Waals surface area contributed by atoms with Crippen LogP contribution in [0.25, 0.3) is 22.2 Å². The summed E-state index contributed by atoms with van der Waals surface area (Å²) in [7, 11) is 0. The van der Waals surface area contributed by atoms with Gasteiger partial charge in [0.1, 0.15) is 34.3 Å². The molecule has 4 fully saturated rings. The van der Waals surface area contributed by atoms with Crippen LogP contribution in [0.5, 0.6) is 11.9 Å². The van der Waals surface area contributed by atoms with E-state index in [4.69, 9.17) is 20.2 Å². The SMILES string of the molecule is CC[C@@H]1CN2c3nc(OCC4(CN5CC6CC(F)(F)C6C5)CC4)nc4c(F)c(-c5cc(N)nc(C)c5C(F)(F)F)nc(c34)O[C@@H](C)[C@@H]2CN1. The maximum atomic E-state index is 16.8. The summed E-state index contributed by atoms with van der Waals surface area (Å²) < 4.78 is 100. The normalized spacial score (nSPS) is 28.3. The van der Waals surface area contributed by atoms with E-state index in [2.05, 4.69) is 25.2 Å². The number of likely N-dealkylation sites (tertiary alicyclic amines) is 1. The average Bonchev–Trinajstić information content (AvgIpc) is 3.73. The second-order valence-electron chi connectivity index (χ2n) is 14.6. The summed E-state index contributed by atoms with van der Waals surface area (Å²) in [6.07, 6.45) is -3.00. The maximum absolute atomic E-state index is 16.8. The van der Waals surface area contributed by atoms with Crippen molar-refractivity contribution in [3.63, 3.8) is 0 Å². The fraction of sp³-hybridized carbons (Fsp3) is 0.636. The molecule has 6 heterocycles. The van der Waals surface area contributed by atoms with Crippen molar-refractivity contribution in [3.8, 4) is 23.1 Å². The molecule has 3 aromatic heterocycles. The molecule has 3 aromatic rings. The zero-order valence-corrected chi connectivity index (χ0v) is 27.4. The number of nitrogens with zero attached hydrogens (tertiary/aromatic N) is 6. The highest BCUT2D eigenvalue weighted by Crippen LogP contribution is 2.54. The molecule has 8 rings (SSSR count). The Labute approximate surface area is 278 Å². The summed E-state index contributed by atoms with van der Waals surface area (Å²) in [6.45, 7) is 7.80. The highest BCUT2D eigenvalue weighted by atomic mass is 19.4. The van der Waals surface area contributed by atoms with Crippen LogP contribution in [0.2, 0.25) is 0 Å². The number of pyridine rings is 2. The summed E-state index contributed by atoms with van der Waals surface area (Å²) >= 11 is 0. The molecule has 5 aliphatic rings. The number of hydrogen-bond donors (Lipinski definition) is 2. The Balaban J connectivity index is 1.21. The first-order valence-corrected chi connectivity index (χ1v) is 16.8. The van der Waals surface area contributed by atoms with Crippen LogP contribution in [0, 0.1) is 30.0 Å². The Morgan fingerprint density at radius 2 is 1.90 bits per heavy atom. The zero-order chi connectivity index (χ0) is 34.6. The molecule has 2 aliphatic carbocycles. The molecule has 0 radical (unpaired) electrons. The number of fused-ring (bicyclic) bond motifs is 3. The standard InChI is InChI=1S/C33H38F6N8O2/c1-4-18-11-47-21(9-41-18)16(3)49-29-23-27(25(34)26(43-29)19-7-22(40)42-15(2)24(19)33(37,38)39)44-30(45-28(23)47)48-14-31(5-6-31)13-46-10-17-8-32(35,36)20(17)12-46/h7,16-18,20-21,41H,4-6,8-14H2,1-3H3,(H2,40,42)/t16-,17?,18+,20?,21-/m0/s1. The average molecular weight is 693 g/mol. The lowest BCUT2D eigenvalue weighted by atomic mass is 9.72. The number of ether oxygens (including phenoxy) is 2. The topological polar surface area (TPSA) is 115 Å². The number of aryl methyl sites for hydroxylation is 1. The van der Waals surface area contributed by atoms with Gasteiger partial charge in [0.25, 0.3) is 5.92 Å². The molecule has 2 saturated heterocycles. The molecule has 0 amide bonds. The summed E-state index contributed by atoms with van der Waals surface area (Å²) in [5.74, 6) is -4.31. The first kappa shape index (κ1) is 32.5. The molecule has 16 heteroatoms. The van der Waals surface area contributed by atoms with E-state index in [0.29, 0.717) is 38.5 Å². The second-order valence-corrected chi connectivity index (χ2v) is 14.6. The number of halogens is 6. The van der Waals surface area contributed by atoms with Gasteiger partial charge in [-0.25, -0.2) is 23.1 Å². The van der Waals surface area contributed by atoms with E-state index >= 15 is 4.39 Å². The highest BCUT2D eigenvalue weighted by molar-refractivity contribution is 5.97. The lowest BCUT2D eigenvalue weighted by Crippen LogP contribution is -2.60. The third-order valence-corrected chi connectivity index (χ3v) is 11.1. The molecule has 5 atom stereocenters. The number of aromatic nitrogens is 4. The minimum Gasteiger partial charge on any atom is -0.472 e. The van der Waals surface area contributed by atoms with Crippen LogP contribution in [0.1, 0.15) is 50.8 Å². The van der Waals surface area contributed by atoms with Crippen LogP contribution in [0.3, 0.4) is 0 Å². The van der Waals surface area contributed by atoms with Gasteiger partial charge in [0.15, 0.2) is 5.82 Å². The van der Waals surface area contributed by atoms with E-state index in [-0.39, 0.29) is 65.1 Å². The van der Waals surface area contributed by atoms with Crippen LogP contribution in [0.15, 0.2) is 6.07 Å². The fourth-order valence-electron chi connectivity index (χ4n) is 8.24. The van der Waals surface area contributed by atoms with Gasteiger partial charge in [-0.1, -0.05) is 6.92 Å². The number of nitrogens with one attached hydrogen (secondary N) is 1. The summed E-state index contributed by atoms with van der Waals surface area (Å²) in [6, 6.07) is 0.643. The van der Waals surface area contributed by atoms with E-state index < -0.39 is 52.5 Å². The summed E-state index contributed by atoms with van der Waals surface area (Å²) in [5, 5.41) is 3.64. The van der Waals surface area contributed by atoms with Crippen molar-refractivity contribution in [2.75, 3.05) is 50.0 Å². The van der Waals surface area contributed by atoms with Gasteiger partial charge >= 0.3 is 12.2 Å². The summed E-state index contributed by atoms with van der Waals surface area (Å²) in [5.41, 5.74) is 2.51. The molecule has 3 N–H and O–H groups in total. The lowest BCUT2D eigenvalue weighted by Gasteiger charge is -2.42. The largest absolute Gasteiger partial charge is 0.472 e. The smallest absolute Gasteiger partial charge is 0.418 e. The third-order valence-electron chi connectivity index (χ3n) is 11.1. The second kappa shape index (κ2) is 11.2. The minimum absolute atomic E-state index is 0.00785. The van der Waals surface area contributed by atoms with Crippen LogP contribution in [-0.4, -0.2) is 88.3 Å². The number of hydrogen-bond acceptors (Lipinski definition) is 10. The van der Waals surface area contributed by atoms with Gasteiger partial charge in [0, 0.05) is 62.1 Å². The van der Waals surface area contributed by atoms with Crippen molar-refractivity contribution < 1.29 is 35.8 Å². The van der Waals surface area contributed by atoms with Gasteiger partial charge in [0.05, 0.1) is 23.9 Å². The Kier molecular flexibility index (Phi) is 7.42. The molecule has 10 nitrogen and oxygen atoms in total. The molecule has 264 valence electrons. The molecule has 3 aliphatic heterocycles. The lowest BCUT2D eigenvalue weighted by molar-refractivity contribution is -0.152. The van der Waals surface area contributed by atoms with E-state index in [1.807, 2.05) is 18.7 Å². The number of rotatable bonds is 7. The van der Waals surface area contributed by atoms with Gasteiger partial charge in [-0.3, -0.25) is 0 Å². The van der Waals surface area contributed by atoms with Crippen LogP contribution >= 0.6 is 0 Å². The van der Waals surface area contributed by atoms with Crippen molar-refractivity contribution in [3.05, 3.63) is 23.1 Å². The molecule has 0 spiro atoms. The molecule has 0 aromatic carbocycles. The maximum Gasteiger partial charge on any atom is 0.418 e. The quantitative estimate of drug-likeness (QED) is 0.320. The number of nitrogen functional groups attached to an aromatic ring is 1. The molecule has 49 heavy (non-hydrogen) atoms. The predicted molar refractivity (Wildman–Crippen MR) is 168 cm³/mol. The van der Waals surface area contributed by atoms with Crippen molar-refractivity contribution in [2.45, 2.75) is 76.7 Å². The first-order chi connectivity index (χ1) is 23.2. The van der Waals surface area contributed by atoms with E-state index in [9.17, 15) is 22.0 Å². The predicted octanol–water partition coefficient (Wildman–Crippen LogP) is 5.22. The summed E-state index contributed by atoms with van der Waals surface area (Å²) in [4.78, 5) is 21.5. The van der Waals surface area contributed by atoms with E-state index in [1.165, 1.54) is 0 Å². The van der Waals surface area contributed by atoms with Crippen LogP contribution < -0.4 is 25.4 Å². The van der Waals surface area contributed by atoms with Crippen LogP contribution in [0.4, 0.5) is 38.0 Å². The van der Waals surface area contributed by atoms with Crippen molar-refractivity contribution in [1.29, 1.82) is 0 Å². The minimum atomic E-state index is -4.89. The van der Waals surface area contributed by atoms with Gasteiger partial charge in [-0.15, -0.1) is 0 Å². The molecule has 0 bridgehead atoms. The highest BCUT2D eigenvalue weighted by Gasteiger charge is 2.60. The number of piperazine rings is 1. The zero-order valence-electron chi connectivity index (χ0n) is 27.4. The van der Waals surface area contributed by atoms with Crippen molar-refractivity contribution >= 4 is 22.5 Å². The monoisotopic (exact) mass is 692 g/mol. The number of alkyl halides is 5. The van der Waals surface area contributed by atoms with E-state index in [0.717, 1.165) is 32.3 Å². The van der Waals surface area contributed by atoms with Gasteiger partial charge < -0.3 is 30.3 Å². The third kappa shape index (κ3) is 5.49. The molecular weight excluding hydrogens is 654 g/mol. The number of anilines is 2. The Morgan fingerprint density at radius 3 is 2.57 bits per heavy atom. The van der Waals surface area contributed by atoms with Gasteiger partial charge in [-0.2, -0.15) is 23.1 Å². The molecule has 2 unspecified atom stereocenters. The van der Waals surface area contributed by atoms with Gasteiger partial charge in [-0.05, 0) is 45.1 Å². The molecule has 2 saturated carbocycles. The first-order valence-electron chi connectivity index (χ1n) is 16.8. The van der Waals surface area contributed by atoms with Crippen LogP contribution in [-0.2, 0) is 6.18 Å². The van der Waals surface area contributed by atoms with Crippen molar-refractivity contribution in [1.82, 2.24) is 30.2 Å². The Morgan fingerprint density at radius 1 is 1.12 bits per heavy atom. The van der Waals surface area contributed by atoms with Gasteiger partial charge in [0.2, 0.25) is 5.88 Å². The van der Waals surface area contributed by atoms with Crippen molar-refractivity contribution in [2.24, 2.45) is 17.3 Å². The number of nitrogens with two attached hydrogens (primary N) is 1. The fourth-order valence-corrected chi connectivity index (χ4v) is 8.24. The molecular formula is C33H38F6N8O2. The van der Waals surface area contributed by atoms with E-state index in [1.54, 1.807) is 0 Å².